The van der Waals surface area contributed by atoms with Crippen molar-refractivity contribution < 1.29 is 9.63 Å². The van der Waals surface area contributed by atoms with Crippen LogP contribution in [0.5, 0.6) is 0 Å². The molecule has 0 bridgehead atoms. The van der Waals surface area contributed by atoms with Gasteiger partial charge in [-0.3, -0.25) is 14.6 Å². The van der Waals surface area contributed by atoms with E-state index >= 15 is 0 Å². The molecule has 1 aromatic rings. The first-order valence-corrected chi connectivity index (χ1v) is 6.69. The summed E-state index contributed by atoms with van der Waals surface area (Å²) in [7, 11) is 3.08. The molecule has 1 aromatic carbocycles. The second-order valence-corrected chi connectivity index (χ2v) is 5.15. The van der Waals surface area contributed by atoms with Crippen LogP contribution in [0.2, 0.25) is 0 Å². The fourth-order valence-corrected chi connectivity index (χ4v) is 2.69. The molecule has 4 nitrogen and oxygen atoms in total. The molecule has 1 aliphatic heterocycles. The average Bonchev–Trinajstić information content (AvgIpc) is 2.87. The summed E-state index contributed by atoms with van der Waals surface area (Å²) in [6.45, 7) is 2.05. The summed E-state index contributed by atoms with van der Waals surface area (Å²) < 4.78 is 0. The van der Waals surface area contributed by atoms with Crippen LogP contribution in [-0.4, -0.2) is 42.0 Å². The van der Waals surface area contributed by atoms with Gasteiger partial charge >= 0.3 is 0 Å². The Bertz CT molecular complexity index is 470. The Morgan fingerprint density at radius 2 is 2.11 bits per heavy atom. The third-order valence-corrected chi connectivity index (χ3v) is 3.92. The summed E-state index contributed by atoms with van der Waals surface area (Å²) in [4.78, 5) is 21.2. The Morgan fingerprint density at radius 1 is 1.44 bits per heavy atom. The molecule has 1 amide bonds. The van der Waals surface area contributed by atoms with Gasteiger partial charge in [-0.2, -0.15) is 0 Å². The van der Waals surface area contributed by atoms with Crippen molar-refractivity contribution in [3.05, 3.63) is 35.4 Å². The molecule has 0 aliphatic carbocycles. The molecule has 5 heteroatoms. The molecule has 96 valence electrons. The minimum absolute atomic E-state index is 0.105. The number of nitrogens with zero attached hydrogens (tertiary/aromatic N) is 2. The van der Waals surface area contributed by atoms with Crippen LogP contribution in [0.25, 0.3) is 0 Å². The molecule has 1 aliphatic rings. The van der Waals surface area contributed by atoms with Gasteiger partial charge in [0.25, 0.3) is 5.91 Å². The lowest BCUT2D eigenvalue weighted by atomic mass is 10.2. The molecule has 0 fully saturated rings. The first-order chi connectivity index (χ1) is 8.61. The van der Waals surface area contributed by atoms with Crippen LogP contribution in [0.15, 0.2) is 29.3 Å². The smallest absolute Gasteiger partial charge is 0.271 e. The number of hydroxylamine groups is 2. The number of thioether (sulfide) groups is 1. The second kappa shape index (κ2) is 5.54. The van der Waals surface area contributed by atoms with E-state index in [1.165, 1.54) is 17.7 Å². The van der Waals surface area contributed by atoms with E-state index in [0.717, 1.165) is 10.6 Å². The van der Waals surface area contributed by atoms with E-state index in [-0.39, 0.29) is 11.9 Å². The van der Waals surface area contributed by atoms with Gasteiger partial charge in [-0.1, -0.05) is 29.8 Å². The predicted molar refractivity (Wildman–Crippen MR) is 73.7 cm³/mol. The quantitative estimate of drug-likeness (QED) is 0.783. The predicted octanol–water partition coefficient (Wildman–Crippen LogP) is 1.88. The SMILES string of the molecule is CON(C)C(=O)[C@@H]1CSC(c2ccc(C)cc2)=N1. The van der Waals surface area contributed by atoms with Crippen LogP contribution in [0.3, 0.4) is 0 Å². The highest BCUT2D eigenvalue weighted by Gasteiger charge is 2.28. The zero-order valence-corrected chi connectivity index (χ0v) is 11.5. The normalized spacial score (nSPS) is 18.6. The highest BCUT2D eigenvalue weighted by Crippen LogP contribution is 2.24. The van der Waals surface area contributed by atoms with E-state index in [9.17, 15) is 4.79 Å². The van der Waals surface area contributed by atoms with Crippen LogP contribution in [0, 0.1) is 6.92 Å². The number of carbonyl (C=O) groups excluding carboxylic acids is 1. The van der Waals surface area contributed by atoms with Crippen LogP contribution in [0.1, 0.15) is 11.1 Å². The number of amides is 1. The van der Waals surface area contributed by atoms with Crippen molar-refractivity contribution in [2.24, 2.45) is 4.99 Å². The average molecular weight is 264 g/mol. The minimum Gasteiger partial charge on any atom is -0.274 e. The highest BCUT2D eigenvalue weighted by molar-refractivity contribution is 8.14. The zero-order valence-electron chi connectivity index (χ0n) is 10.7. The Morgan fingerprint density at radius 3 is 2.72 bits per heavy atom. The lowest BCUT2D eigenvalue weighted by Gasteiger charge is -2.15. The number of carbonyl (C=O) groups is 1. The van der Waals surface area contributed by atoms with Gasteiger partial charge in [0, 0.05) is 18.4 Å². The van der Waals surface area contributed by atoms with Crippen molar-refractivity contribution in [2.45, 2.75) is 13.0 Å². The summed E-state index contributed by atoms with van der Waals surface area (Å²) in [5, 5.41) is 2.16. The molecule has 0 spiro atoms. The number of aryl methyl sites for hydroxylation is 1. The van der Waals surface area contributed by atoms with Crippen LogP contribution >= 0.6 is 11.8 Å². The Labute approximate surface area is 111 Å². The molecule has 1 atom stereocenters. The number of likely N-dealkylation sites (N-methyl/N-ethyl adjacent to an activating group) is 1. The first kappa shape index (κ1) is 13.1. The standard InChI is InChI=1S/C13H16N2O2S/c1-9-4-6-10(7-5-9)12-14-11(8-18-12)13(16)15(2)17-3/h4-7,11H,8H2,1-3H3/t11-/m0/s1. The molecule has 0 saturated carbocycles. The van der Waals surface area contributed by atoms with Gasteiger partial charge in [0.2, 0.25) is 0 Å². The van der Waals surface area contributed by atoms with Gasteiger partial charge in [-0.05, 0) is 6.92 Å². The van der Waals surface area contributed by atoms with Crippen molar-refractivity contribution in [3.63, 3.8) is 0 Å². The number of hydrogen-bond donors (Lipinski definition) is 0. The topological polar surface area (TPSA) is 41.9 Å². The van der Waals surface area contributed by atoms with Crippen molar-refractivity contribution in [1.29, 1.82) is 0 Å². The summed E-state index contributed by atoms with van der Waals surface area (Å²) >= 11 is 1.61. The fourth-order valence-electron chi connectivity index (χ4n) is 1.65. The summed E-state index contributed by atoms with van der Waals surface area (Å²) in [5.41, 5.74) is 2.29. The van der Waals surface area contributed by atoms with Gasteiger partial charge in [0.1, 0.15) is 6.04 Å². The zero-order chi connectivity index (χ0) is 13.1. The molecule has 0 N–H and O–H groups in total. The van der Waals surface area contributed by atoms with E-state index in [1.54, 1.807) is 18.8 Å². The maximum absolute atomic E-state index is 11.9. The molecule has 0 aromatic heterocycles. The van der Waals surface area contributed by atoms with Crippen molar-refractivity contribution in [3.8, 4) is 0 Å². The molecule has 0 unspecified atom stereocenters. The molecule has 0 saturated heterocycles. The Hall–Kier alpha value is -1.33. The van der Waals surface area contributed by atoms with Crippen LogP contribution in [-0.2, 0) is 9.63 Å². The van der Waals surface area contributed by atoms with Gasteiger partial charge < -0.3 is 0 Å². The minimum atomic E-state index is -0.337. The van der Waals surface area contributed by atoms with Gasteiger partial charge in [-0.25, -0.2) is 5.06 Å². The third-order valence-electron chi connectivity index (χ3n) is 2.82. The van der Waals surface area contributed by atoms with E-state index in [2.05, 4.69) is 17.1 Å². The summed E-state index contributed by atoms with van der Waals surface area (Å²) in [5.74, 6) is 0.572. The number of hydrogen-bond acceptors (Lipinski definition) is 4. The number of rotatable bonds is 3. The number of benzene rings is 1. The van der Waals surface area contributed by atoms with Crippen LogP contribution in [0.4, 0.5) is 0 Å². The molecular formula is C13H16N2O2S. The van der Waals surface area contributed by atoms with Crippen molar-refractivity contribution in [2.75, 3.05) is 19.9 Å². The Balaban J connectivity index is 2.13. The maximum atomic E-state index is 11.9. The fraction of sp³-hybridized carbons (Fsp3) is 0.385. The molecule has 18 heavy (non-hydrogen) atoms. The summed E-state index contributed by atoms with van der Waals surface area (Å²) in [6.07, 6.45) is 0. The van der Waals surface area contributed by atoms with Crippen molar-refractivity contribution in [1.82, 2.24) is 5.06 Å². The lowest BCUT2D eigenvalue weighted by molar-refractivity contribution is -0.169. The van der Waals surface area contributed by atoms with E-state index in [0.29, 0.717) is 5.75 Å². The molecule has 2 rings (SSSR count). The van der Waals surface area contributed by atoms with Gasteiger partial charge in [-0.15, -0.1) is 11.8 Å². The molecule has 0 radical (unpaired) electrons. The second-order valence-electron chi connectivity index (χ2n) is 4.15. The first-order valence-electron chi connectivity index (χ1n) is 5.71. The highest BCUT2D eigenvalue weighted by atomic mass is 32.2. The van der Waals surface area contributed by atoms with Crippen LogP contribution < -0.4 is 0 Å². The number of aliphatic imine (C=N–C) groups is 1. The molecular weight excluding hydrogens is 248 g/mol. The van der Waals surface area contributed by atoms with E-state index < -0.39 is 0 Å². The maximum Gasteiger partial charge on any atom is 0.271 e. The monoisotopic (exact) mass is 264 g/mol. The third kappa shape index (κ3) is 2.73. The largest absolute Gasteiger partial charge is 0.274 e. The van der Waals surface area contributed by atoms with E-state index in [1.807, 2.05) is 19.1 Å². The lowest BCUT2D eigenvalue weighted by Crippen LogP contribution is -2.34. The molecule has 1 heterocycles. The van der Waals surface area contributed by atoms with Crippen molar-refractivity contribution >= 4 is 22.7 Å². The van der Waals surface area contributed by atoms with E-state index in [4.69, 9.17) is 4.84 Å². The summed E-state index contributed by atoms with van der Waals surface area (Å²) in [6, 6.07) is 7.84. The van der Waals surface area contributed by atoms with Gasteiger partial charge in [0.05, 0.1) is 12.2 Å². The Kier molecular flexibility index (Phi) is 4.04. The van der Waals surface area contributed by atoms with Gasteiger partial charge in [0.15, 0.2) is 0 Å².